The number of hydrogen-bond acceptors (Lipinski definition) is 1. The molecule has 0 aliphatic heterocycles. The number of hydrogen-bond donors (Lipinski definition) is 0. The van der Waals surface area contributed by atoms with Crippen molar-refractivity contribution in [2.45, 2.75) is 25.6 Å². The van der Waals surface area contributed by atoms with Crippen LogP contribution in [0.5, 0.6) is 0 Å². The molecule has 0 N–H and O–H groups in total. The van der Waals surface area contributed by atoms with E-state index in [4.69, 9.17) is 4.74 Å². The summed E-state index contributed by atoms with van der Waals surface area (Å²) in [6.45, 7) is -1.32. The first-order valence-corrected chi connectivity index (χ1v) is 6.77. The van der Waals surface area contributed by atoms with Crippen LogP contribution in [0.1, 0.15) is 22.3 Å². The fraction of sp³-hybridized carbons (Fsp3) is 0.250. The van der Waals surface area contributed by atoms with Crippen molar-refractivity contribution in [1.82, 2.24) is 0 Å². The fourth-order valence-corrected chi connectivity index (χ4v) is 1.99. The fourth-order valence-electron chi connectivity index (χ4n) is 1.99. The van der Waals surface area contributed by atoms with E-state index in [1.54, 1.807) is 0 Å². The predicted octanol–water partition coefficient (Wildman–Crippen LogP) is 5.72. The van der Waals surface area contributed by atoms with Crippen LogP contribution in [0.25, 0.3) is 0 Å². The van der Waals surface area contributed by atoms with Gasteiger partial charge in [-0.25, -0.2) is 8.78 Å². The van der Waals surface area contributed by atoms with Gasteiger partial charge in [0.25, 0.3) is 0 Å². The van der Waals surface area contributed by atoms with Crippen LogP contribution in [0.4, 0.5) is 35.1 Å². The second-order valence-corrected chi connectivity index (χ2v) is 5.10. The summed E-state index contributed by atoms with van der Waals surface area (Å²) in [5.41, 5.74) is -3.08. The maximum absolute atomic E-state index is 13.5. The Kier molecular flexibility index (Phi) is 5.36. The standard InChI is InChI=1S/C16H10F8O/c17-13-3-1-11(15(19,20)21)5-9(13)7-25-8-10-6-12(16(22,23)24)2-4-14(10)18/h1-6H,7-8H2. The molecular weight excluding hydrogens is 360 g/mol. The number of halogens is 8. The average molecular weight is 370 g/mol. The van der Waals surface area contributed by atoms with Gasteiger partial charge in [0.05, 0.1) is 24.3 Å². The van der Waals surface area contributed by atoms with E-state index in [1.165, 1.54) is 0 Å². The Morgan fingerprint density at radius 2 is 1.00 bits per heavy atom. The zero-order chi connectivity index (χ0) is 18.8. The Labute approximate surface area is 136 Å². The van der Waals surface area contributed by atoms with Crippen molar-refractivity contribution >= 4 is 0 Å². The maximum Gasteiger partial charge on any atom is 0.416 e. The molecule has 0 saturated heterocycles. The molecule has 2 rings (SSSR count). The summed E-state index contributed by atoms with van der Waals surface area (Å²) in [5.74, 6) is -1.95. The molecule has 0 bridgehead atoms. The molecule has 0 aliphatic rings. The lowest BCUT2D eigenvalue weighted by molar-refractivity contribution is -0.138. The van der Waals surface area contributed by atoms with Gasteiger partial charge in [-0.2, -0.15) is 26.3 Å². The van der Waals surface area contributed by atoms with Crippen LogP contribution in [0, 0.1) is 11.6 Å². The second-order valence-electron chi connectivity index (χ2n) is 5.10. The Balaban J connectivity index is 2.11. The molecule has 0 atom stereocenters. The highest BCUT2D eigenvalue weighted by Crippen LogP contribution is 2.32. The summed E-state index contributed by atoms with van der Waals surface area (Å²) in [5, 5.41) is 0. The molecule has 0 amide bonds. The van der Waals surface area contributed by atoms with Crippen molar-refractivity contribution in [3.05, 3.63) is 70.3 Å². The summed E-state index contributed by atoms with van der Waals surface area (Å²) in [7, 11) is 0. The van der Waals surface area contributed by atoms with E-state index in [2.05, 4.69) is 0 Å². The first-order valence-electron chi connectivity index (χ1n) is 6.77. The lowest BCUT2D eigenvalue weighted by atomic mass is 10.1. The van der Waals surface area contributed by atoms with Gasteiger partial charge in [-0.3, -0.25) is 0 Å². The largest absolute Gasteiger partial charge is 0.416 e. The molecule has 136 valence electrons. The zero-order valence-corrected chi connectivity index (χ0v) is 12.3. The van der Waals surface area contributed by atoms with Gasteiger partial charge in [0.15, 0.2) is 0 Å². The summed E-state index contributed by atoms with van der Waals surface area (Å²) in [6, 6.07) is 3.35. The van der Waals surface area contributed by atoms with E-state index in [-0.39, 0.29) is 0 Å². The molecule has 0 fully saturated rings. The van der Waals surface area contributed by atoms with Crippen LogP contribution in [0.3, 0.4) is 0 Å². The third-order valence-electron chi connectivity index (χ3n) is 3.26. The van der Waals surface area contributed by atoms with E-state index in [0.29, 0.717) is 36.4 Å². The average Bonchev–Trinajstić information content (AvgIpc) is 2.48. The Hall–Kier alpha value is -2.16. The molecule has 25 heavy (non-hydrogen) atoms. The summed E-state index contributed by atoms with van der Waals surface area (Å²) in [6.07, 6.45) is -9.37. The van der Waals surface area contributed by atoms with Crippen molar-refractivity contribution < 1.29 is 39.9 Å². The molecule has 0 aromatic heterocycles. The number of benzene rings is 2. The van der Waals surface area contributed by atoms with E-state index in [0.717, 1.165) is 0 Å². The first kappa shape index (κ1) is 19.2. The predicted molar refractivity (Wildman–Crippen MR) is 71.3 cm³/mol. The highest BCUT2D eigenvalue weighted by atomic mass is 19.4. The van der Waals surface area contributed by atoms with Crippen LogP contribution < -0.4 is 0 Å². The molecule has 0 radical (unpaired) electrons. The third kappa shape index (κ3) is 4.91. The van der Waals surface area contributed by atoms with Crippen molar-refractivity contribution in [3.8, 4) is 0 Å². The Morgan fingerprint density at radius 1 is 0.640 bits per heavy atom. The van der Waals surface area contributed by atoms with Gasteiger partial charge in [-0.1, -0.05) is 0 Å². The SMILES string of the molecule is Fc1ccc(C(F)(F)F)cc1COCc1cc(C(F)(F)F)ccc1F. The van der Waals surface area contributed by atoms with E-state index in [1.807, 2.05) is 0 Å². The van der Waals surface area contributed by atoms with E-state index in [9.17, 15) is 35.1 Å². The van der Waals surface area contributed by atoms with Gasteiger partial charge in [0, 0.05) is 11.1 Å². The van der Waals surface area contributed by atoms with Crippen molar-refractivity contribution in [1.29, 1.82) is 0 Å². The van der Waals surface area contributed by atoms with Crippen LogP contribution in [-0.4, -0.2) is 0 Å². The van der Waals surface area contributed by atoms with Crippen molar-refractivity contribution in [2.24, 2.45) is 0 Å². The lowest BCUT2D eigenvalue weighted by Gasteiger charge is -2.12. The van der Waals surface area contributed by atoms with E-state index < -0.39 is 59.5 Å². The van der Waals surface area contributed by atoms with Crippen LogP contribution in [0.2, 0.25) is 0 Å². The Morgan fingerprint density at radius 3 is 1.32 bits per heavy atom. The molecule has 2 aromatic rings. The van der Waals surface area contributed by atoms with Crippen LogP contribution >= 0.6 is 0 Å². The topological polar surface area (TPSA) is 9.23 Å². The highest BCUT2D eigenvalue weighted by molar-refractivity contribution is 5.28. The first-order chi connectivity index (χ1) is 11.5. The van der Waals surface area contributed by atoms with Crippen molar-refractivity contribution in [3.63, 3.8) is 0 Å². The summed E-state index contributed by atoms with van der Waals surface area (Å²) >= 11 is 0. The summed E-state index contributed by atoms with van der Waals surface area (Å²) in [4.78, 5) is 0. The lowest BCUT2D eigenvalue weighted by Crippen LogP contribution is -2.08. The van der Waals surface area contributed by atoms with Gasteiger partial charge in [0.1, 0.15) is 11.6 Å². The van der Waals surface area contributed by atoms with Gasteiger partial charge in [-0.15, -0.1) is 0 Å². The van der Waals surface area contributed by atoms with Gasteiger partial charge in [-0.05, 0) is 36.4 Å². The smallest absolute Gasteiger partial charge is 0.372 e. The molecule has 0 heterocycles. The number of alkyl halides is 6. The maximum atomic E-state index is 13.5. The number of ether oxygens (including phenoxy) is 1. The van der Waals surface area contributed by atoms with Gasteiger partial charge >= 0.3 is 12.4 Å². The second kappa shape index (κ2) is 6.99. The number of rotatable bonds is 4. The molecule has 0 aliphatic carbocycles. The highest BCUT2D eigenvalue weighted by Gasteiger charge is 2.32. The molecule has 9 heteroatoms. The molecule has 0 saturated carbocycles. The summed E-state index contributed by atoms with van der Waals surface area (Å²) < 4.78 is 107. The molecule has 2 aromatic carbocycles. The zero-order valence-electron chi connectivity index (χ0n) is 12.3. The Bertz CT molecular complexity index is 685. The minimum atomic E-state index is -4.68. The van der Waals surface area contributed by atoms with Crippen molar-refractivity contribution in [2.75, 3.05) is 0 Å². The van der Waals surface area contributed by atoms with Gasteiger partial charge < -0.3 is 4.74 Å². The molecular formula is C16H10F8O. The quantitative estimate of drug-likeness (QED) is 0.626. The van der Waals surface area contributed by atoms with Crippen LogP contribution in [0.15, 0.2) is 36.4 Å². The molecule has 1 nitrogen and oxygen atoms in total. The minimum absolute atomic E-state index is 0.442. The minimum Gasteiger partial charge on any atom is -0.372 e. The van der Waals surface area contributed by atoms with Gasteiger partial charge in [0.2, 0.25) is 0 Å². The van der Waals surface area contributed by atoms with Crippen LogP contribution in [-0.2, 0) is 30.3 Å². The van der Waals surface area contributed by atoms with E-state index >= 15 is 0 Å². The third-order valence-corrected chi connectivity index (χ3v) is 3.26. The molecule has 0 spiro atoms. The normalized spacial score (nSPS) is 12.5. The molecule has 0 unspecified atom stereocenters. The monoisotopic (exact) mass is 370 g/mol.